The normalized spacial score (nSPS) is 10.4. The number of anilines is 1. The minimum Gasteiger partial charge on any atom is -0.493 e. The molecule has 0 heterocycles. The number of carbonyl (C=O) groups excluding carboxylic acids is 1. The fourth-order valence-electron chi connectivity index (χ4n) is 1.82. The van der Waals surface area contributed by atoms with E-state index in [4.69, 9.17) is 18.9 Å². The number of methoxy groups -OCH3 is 2. The van der Waals surface area contributed by atoms with Gasteiger partial charge in [-0.05, 0) is 26.8 Å². The quantitative estimate of drug-likeness (QED) is 0.837. The van der Waals surface area contributed by atoms with E-state index in [2.05, 4.69) is 5.32 Å². The lowest BCUT2D eigenvalue weighted by molar-refractivity contribution is 0.130. The largest absolute Gasteiger partial charge is 0.493 e. The summed E-state index contributed by atoms with van der Waals surface area (Å²) in [5, 5.41) is 2.66. The van der Waals surface area contributed by atoms with E-state index < -0.39 is 6.09 Å². The average molecular weight is 297 g/mol. The summed E-state index contributed by atoms with van der Waals surface area (Å²) >= 11 is 0. The molecule has 1 aromatic carbocycles. The van der Waals surface area contributed by atoms with Gasteiger partial charge in [0, 0.05) is 24.4 Å². The van der Waals surface area contributed by atoms with E-state index in [0.29, 0.717) is 30.4 Å². The third-order valence-electron chi connectivity index (χ3n) is 2.53. The van der Waals surface area contributed by atoms with E-state index in [1.54, 1.807) is 40.2 Å². The molecule has 1 aromatic rings. The van der Waals surface area contributed by atoms with Gasteiger partial charge in [-0.15, -0.1) is 0 Å². The summed E-state index contributed by atoms with van der Waals surface area (Å²) in [7, 11) is 3.14. The van der Waals surface area contributed by atoms with Gasteiger partial charge in [0.05, 0.1) is 26.4 Å². The summed E-state index contributed by atoms with van der Waals surface area (Å²) in [6.45, 7) is 6.32. The first-order valence-electron chi connectivity index (χ1n) is 6.82. The Labute approximate surface area is 125 Å². The first-order valence-corrected chi connectivity index (χ1v) is 6.82. The number of amides is 1. The van der Waals surface area contributed by atoms with Crippen LogP contribution < -0.4 is 14.8 Å². The molecule has 0 aromatic heterocycles. The van der Waals surface area contributed by atoms with Crippen LogP contribution in [-0.2, 0) is 16.1 Å². The minimum atomic E-state index is -0.514. The number of hydrogen-bond donors (Lipinski definition) is 1. The third-order valence-corrected chi connectivity index (χ3v) is 2.53. The molecule has 0 atom stereocenters. The van der Waals surface area contributed by atoms with E-state index in [0.717, 1.165) is 5.56 Å². The van der Waals surface area contributed by atoms with E-state index in [1.165, 1.54) is 0 Å². The van der Waals surface area contributed by atoms with Crippen molar-refractivity contribution >= 4 is 11.8 Å². The molecule has 0 fully saturated rings. The molecule has 118 valence electrons. The zero-order valence-corrected chi connectivity index (χ0v) is 13.2. The average Bonchev–Trinajstić information content (AvgIpc) is 2.40. The van der Waals surface area contributed by atoms with Gasteiger partial charge in [0.1, 0.15) is 0 Å². The highest BCUT2D eigenvalue weighted by Gasteiger charge is 2.15. The van der Waals surface area contributed by atoms with Crippen LogP contribution in [0.25, 0.3) is 0 Å². The van der Waals surface area contributed by atoms with Gasteiger partial charge in [-0.3, -0.25) is 5.32 Å². The molecule has 0 saturated heterocycles. The second-order valence-corrected chi connectivity index (χ2v) is 4.61. The molecular formula is C15H23NO5. The van der Waals surface area contributed by atoms with Crippen LogP contribution in [0, 0.1) is 0 Å². The summed E-state index contributed by atoms with van der Waals surface area (Å²) in [4.78, 5) is 11.7. The second-order valence-electron chi connectivity index (χ2n) is 4.61. The lowest BCUT2D eigenvalue weighted by Crippen LogP contribution is -2.18. The maximum atomic E-state index is 11.7. The molecule has 0 saturated carbocycles. The molecule has 0 aliphatic heterocycles. The van der Waals surface area contributed by atoms with Crippen LogP contribution in [0.3, 0.4) is 0 Å². The molecule has 0 radical (unpaired) electrons. The van der Waals surface area contributed by atoms with E-state index in [-0.39, 0.29) is 6.10 Å². The number of benzene rings is 1. The van der Waals surface area contributed by atoms with Crippen molar-refractivity contribution in [2.45, 2.75) is 33.5 Å². The van der Waals surface area contributed by atoms with Crippen LogP contribution in [0.4, 0.5) is 10.5 Å². The Morgan fingerprint density at radius 2 is 2.00 bits per heavy atom. The van der Waals surface area contributed by atoms with Crippen LogP contribution in [0.1, 0.15) is 26.3 Å². The molecule has 21 heavy (non-hydrogen) atoms. The van der Waals surface area contributed by atoms with E-state index in [9.17, 15) is 4.79 Å². The Kier molecular flexibility index (Phi) is 6.81. The maximum absolute atomic E-state index is 11.7. The summed E-state index contributed by atoms with van der Waals surface area (Å²) in [5.74, 6) is 1.15. The first-order chi connectivity index (χ1) is 10.0. The zero-order valence-electron chi connectivity index (χ0n) is 13.2. The van der Waals surface area contributed by atoms with Crippen LogP contribution in [0.2, 0.25) is 0 Å². The lowest BCUT2D eigenvalue weighted by atomic mass is 10.1. The van der Waals surface area contributed by atoms with Crippen LogP contribution in [-0.4, -0.2) is 33.0 Å². The highest BCUT2D eigenvalue weighted by molar-refractivity contribution is 5.85. The molecule has 6 nitrogen and oxygen atoms in total. The molecule has 1 rings (SSSR count). The van der Waals surface area contributed by atoms with Crippen molar-refractivity contribution in [1.29, 1.82) is 0 Å². The molecule has 1 amide bonds. The van der Waals surface area contributed by atoms with Crippen molar-refractivity contribution in [2.24, 2.45) is 0 Å². The smallest absolute Gasteiger partial charge is 0.411 e. The topological polar surface area (TPSA) is 66.0 Å². The lowest BCUT2D eigenvalue weighted by Gasteiger charge is -2.16. The van der Waals surface area contributed by atoms with Gasteiger partial charge in [-0.1, -0.05) is 0 Å². The molecule has 6 heteroatoms. The Balaban J connectivity index is 3.05. The predicted octanol–water partition coefficient (Wildman–Crippen LogP) is 3.20. The molecule has 1 N–H and O–H groups in total. The fourth-order valence-corrected chi connectivity index (χ4v) is 1.82. The fraction of sp³-hybridized carbons (Fsp3) is 0.533. The molecule has 0 aliphatic carbocycles. The molecule has 0 spiro atoms. The second kappa shape index (κ2) is 8.36. The Hall–Kier alpha value is -1.95. The van der Waals surface area contributed by atoms with Gasteiger partial charge >= 0.3 is 6.09 Å². The van der Waals surface area contributed by atoms with Gasteiger partial charge in [0.2, 0.25) is 0 Å². The number of nitrogens with one attached hydrogen (secondary N) is 1. The van der Waals surface area contributed by atoms with Gasteiger partial charge in [-0.25, -0.2) is 4.79 Å². The molecule has 0 unspecified atom stereocenters. The summed E-state index contributed by atoms with van der Waals surface area (Å²) in [6.07, 6.45) is -0.701. The van der Waals surface area contributed by atoms with Gasteiger partial charge in [0.15, 0.2) is 11.5 Å². The summed E-state index contributed by atoms with van der Waals surface area (Å²) < 4.78 is 21.1. The van der Waals surface area contributed by atoms with Crippen LogP contribution in [0.5, 0.6) is 11.5 Å². The van der Waals surface area contributed by atoms with Crippen LogP contribution in [0.15, 0.2) is 12.1 Å². The number of ether oxygens (including phenoxy) is 4. The van der Waals surface area contributed by atoms with Crippen molar-refractivity contribution < 1.29 is 23.7 Å². The third kappa shape index (κ3) is 5.15. The number of rotatable bonds is 7. The monoisotopic (exact) mass is 297 g/mol. The van der Waals surface area contributed by atoms with Crippen molar-refractivity contribution in [3.63, 3.8) is 0 Å². The maximum Gasteiger partial charge on any atom is 0.411 e. The predicted molar refractivity (Wildman–Crippen MR) is 80.1 cm³/mol. The standard InChI is InChI=1S/C15H23NO5/c1-6-20-14-11(9-18-4)7-12(8-13(14)19-5)16-15(17)21-10(2)3/h7-8,10H,6,9H2,1-5H3,(H,16,17). The highest BCUT2D eigenvalue weighted by atomic mass is 16.6. The van der Waals surface area contributed by atoms with Crippen LogP contribution >= 0.6 is 0 Å². The number of hydrogen-bond acceptors (Lipinski definition) is 5. The van der Waals surface area contributed by atoms with Gasteiger partial charge in [-0.2, -0.15) is 0 Å². The summed E-state index contributed by atoms with van der Waals surface area (Å²) in [5.41, 5.74) is 1.35. The van der Waals surface area contributed by atoms with E-state index in [1.807, 2.05) is 6.92 Å². The van der Waals surface area contributed by atoms with Crippen molar-refractivity contribution in [2.75, 3.05) is 26.1 Å². The Bertz CT molecular complexity index is 473. The number of carbonyl (C=O) groups is 1. The molecule has 0 aliphatic rings. The van der Waals surface area contributed by atoms with Gasteiger partial charge < -0.3 is 18.9 Å². The molecule has 0 bridgehead atoms. The van der Waals surface area contributed by atoms with Crippen molar-refractivity contribution in [1.82, 2.24) is 0 Å². The summed E-state index contributed by atoms with van der Waals surface area (Å²) in [6, 6.07) is 3.46. The van der Waals surface area contributed by atoms with Crippen molar-refractivity contribution in [3.05, 3.63) is 17.7 Å². The molecular weight excluding hydrogens is 274 g/mol. The Morgan fingerprint density at radius 1 is 1.29 bits per heavy atom. The van der Waals surface area contributed by atoms with E-state index >= 15 is 0 Å². The highest BCUT2D eigenvalue weighted by Crippen LogP contribution is 2.35. The zero-order chi connectivity index (χ0) is 15.8. The SMILES string of the molecule is CCOc1c(COC)cc(NC(=O)OC(C)C)cc1OC. The van der Waals surface area contributed by atoms with Gasteiger partial charge in [0.25, 0.3) is 0 Å². The van der Waals surface area contributed by atoms with Crippen molar-refractivity contribution in [3.8, 4) is 11.5 Å². The minimum absolute atomic E-state index is 0.187. The Morgan fingerprint density at radius 3 is 2.52 bits per heavy atom. The first kappa shape index (κ1) is 17.1.